The van der Waals surface area contributed by atoms with Crippen LogP contribution in [0, 0.1) is 6.92 Å². The van der Waals surface area contributed by atoms with Crippen LogP contribution in [0.4, 0.5) is 5.69 Å². The predicted molar refractivity (Wildman–Crippen MR) is 107 cm³/mol. The van der Waals surface area contributed by atoms with Crippen LogP contribution >= 0.6 is 0 Å². The van der Waals surface area contributed by atoms with E-state index in [-0.39, 0.29) is 11.5 Å². The van der Waals surface area contributed by atoms with Crippen LogP contribution in [0.3, 0.4) is 0 Å². The molecule has 1 aromatic carbocycles. The highest BCUT2D eigenvalue weighted by Gasteiger charge is 2.38. The molecule has 0 bridgehead atoms. The molecule has 1 atom stereocenters. The lowest BCUT2D eigenvalue weighted by atomic mass is 10.2. The number of benzene rings is 1. The molecule has 2 rings (SSSR count). The van der Waals surface area contributed by atoms with Crippen molar-refractivity contribution >= 4 is 27.3 Å². The maximum absolute atomic E-state index is 13.0. The van der Waals surface area contributed by atoms with E-state index >= 15 is 0 Å². The number of hydrogen-bond acceptors (Lipinski definition) is 5. The quantitative estimate of drug-likeness (QED) is 0.670. The molecule has 1 aliphatic rings. The number of carbonyl (C=O) groups excluding carboxylic acids is 2. The zero-order valence-electron chi connectivity index (χ0n) is 16.5. The Bertz CT molecular complexity index is 792. The minimum atomic E-state index is -3.15. The van der Waals surface area contributed by atoms with Gasteiger partial charge in [-0.15, -0.1) is 0 Å². The lowest BCUT2D eigenvalue weighted by Gasteiger charge is -2.31. The van der Waals surface area contributed by atoms with Crippen molar-refractivity contribution in [2.45, 2.75) is 26.3 Å². The molecule has 1 saturated heterocycles. The summed E-state index contributed by atoms with van der Waals surface area (Å²) in [4.78, 5) is 30.8. The van der Waals surface area contributed by atoms with Crippen LogP contribution in [-0.2, 0) is 19.4 Å². The third-order valence-corrected chi connectivity index (χ3v) is 6.51. The second-order valence-electron chi connectivity index (χ2n) is 7.25. The van der Waals surface area contributed by atoms with Crippen LogP contribution in [0.25, 0.3) is 0 Å². The van der Waals surface area contributed by atoms with E-state index in [0.29, 0.717) is 31.7 Å². The Kier molecular flexibility index (Phi) is 7.00. The van der Waals surface area contributed by atoms with Gasteiger partial charge in [-0.25, -0.2) is 8.42 Å². The minimum absolute atomic E-state index is 0.0625. The molecule has 0 saturated carbocycles. The van der Waals surface area contributed by atoms with Gasteiger partial charge in [0.05, 0.1) is 11.5 Å². The van der Waals surface area contributed by atoms with Crippen molar-refractivity contribution < 1.29 is 18.0 Å². The minimum Gasteiger partial charge on any atom is -0.329 e. The number of sulfone groups is 1. The normalized spacial score (nSPS) is 18.5. The topological polar surface area (TPSA) is 78.0 Å². The first-order chi connectivity index (χ1) is 12.6. The fraction of sp³-hybridized carbons (Fsp3) is 0.579. The molecule has 0 radical (unpaired) electrons. The van der Waals surface area contributed by atoms with E-state index in [2.05, 4.69) is 0 Å². The summed E-state index contributed by atoms with van der Waals surface area (Å²) in [6.45, 7) is 4.99. The van der Waals surface area contributed by atoms with Gasteiger partial charge in [0.15, 0.2) is 9.84 Å². The summed E-state index contributed by atoms with van der Waals surface area (Å²) in [6, 6.07) is 6.99. The summed E-state index contributed by atoms with van der Waals surface area (Å²) in [6.07, 6.45) is 0.380. The maximum Gasteiger partial charge on any atom is 0.316 e. The lowest BCUT2D eigenvalue weighted by molar-refractivity contribution is -0.145. The molecule has 1 fully saturated rings. The maximum atomic E-state index is 13.0. The molecule has 1 aromatic rings. The summed E-state index contributed by atoms with van der Waals surface area (Å²) in [5.74, 6) is -1.27. The summed E-state index contributed by atoms with van der Waals surface area (Å²) in [5, 5.41) is 0. The van der Waals surface area contributed by atoms with Crippen LogP contribution < -0.4 is 4.90 Å². The Morgan fingerprint density at radius 1 is 1.15 bits per heavy atom. The number of nitrogens with zero attached hydrogens (tertiary/aromatic N) is 3. The van der Waals surface area contributed by atoms with Gasteiger partial charge in [0.1, 0.15) is 0 Å². The number of anilines is 1. The van der Waals surface area contributed by atoms with Gasteiger partial charge in [0.2, 0.25) is 0 Å². The van der Waals surface area contributed by atoms with Crippen molar-refractivity contribution in [1.29, 1.82) is 0 Å². The zero-order chi connectivity index (χ0) is 20.2. The molecule has 0 N–H and O–H groups in total. The van der Waals surface area contributed by atoms with Crippen LogP contribution in [0.15, 0.2) is 24.3 Å². The monoisotopic (exact) mass is 395 g/mol. The molecule has 1 unspecified atom stereocenters. The van der Waals surface area contributed by atoms with E-state index in [4.69, 9.17) is 0 Å². The Hall–Kier alpha value is -1.93. The molecule has 0 spiro atoms. The van der Waals surface area contributed by atoms with E-state index in [1.165, 1.54) is 9.80 Å². The van der Waals surface area contributed by atoms with E-state index in [0.717, 1.165) is 5.56 Å². The van der Waals surface area contributed by atoms with Gasteiger partial charge < -0.3 is 14.7 Å². The molecule has 1 heterocycles. The van der Waals surface area contributed by atoms with Gasteiger partial charge in [-0.1, -0.05) is 12.1 Å². The summed E-state index contributed by atoms with van der Waals surface area (Å²) in [7, 11) is 0.598. The van der Waals surface area contributed by atoms with E-state index in [9.17, 15) is 18.0 Å². The third kappa shape index (κ3) is 5.52. The van der Waals surface area contributed by atoms with Crippen LogP contribution in [0.2, 0.25) is 0 Å². The first kappa shape index (κ1) is 21.4. The summed E-state index contributed by atoms with van der Waals surface area (Å²) < 4.78 is 23.8. The van der Waals surface area contributed by atoms with Gasteiger partial charge in [0, 0.05) is 31.4 Å². The highest BCUT2D eigenvalue weighted by molar-refractivity contribution is 7.91. The molecule has 1 aliphatic heterocycles. The van der Waals surface area contributed by atoms with Crippen molar-refractivity contribution in [1.82, 2.24) is 9.80 Å². The molecule has 0 aromatic heterocycles. The smallest absolute Gasteiger partial charge is 0.316 e. The fourth-order valence-electron chi connectivity index (χ4n) is 3.26. The van der Waals surface area contributed by atoms with E-state index in [1.807, 2.05) is 51.0 Å². The number of rotatable bonds is 6. The molecule has 7 nitrogen and oxygen atoms in total. The lowest BCUT2D eigenvalue weighted by Crippen LogP contribution is -2.51. The van der Waals surface area contributed by atoms with Crippen LogP contribution in [0.5, 0.6) is 0 Å². The summed E-state index contributed by atoms with van der Waals surface area (Å²) in [5.41, 5.74) is 1.67. The van der Waals surface area contributed by atoms with E-state index in [1.54, 1.807) is 6.07 Å². The van der Waals surface area contributed by atoms with Crippen molar-refractivity contribution in [3.8, 4) is 0 Å². The number of likely N-dealkylation sites (N-methyl/N-ethyl adjacent to an activating group) is 2. The molecule has 150 valence electrons. The van der Waals surface area contributed by atoms with Crippen LogP contribution in [-0.4, -0.2) is 81.3 Å². The average molecular weight is 396 g/mol. The average Bonchev–Trinajstić information content (AvgIpc) is 2.95. The Labute approximate surface area is 161 Å². The number of carbonyl (C=O) groups is 2. The molecule has 27 heavy (non-hydrogen) atoms. The molecule has 8 heteroatoms. The Balaban J connectivity index is 2.25. The van der Waals surface area contributed by atoms with Gasteiger partial charge >= 0.3 is 11.8 Å². The van der Waals surface area contributed by atoms with Gasteiger partial charge in [-0.2, -0.15) is 0 Å². The second-order valence-corrected chi connectivity index (χ2v) is 9.48. The van der Waals surface area contributed by atoms with Crippen molar-refractivity contribution in [3.05, 3.63) is 29.8 Å². The van der Waals surface area contributed by atoms with Crippen molar-refractivity contribution in [3.63, 3.8) is 0 Å². The highest BCUT2D eigenvalue weighted by Crippen LogP contribution is 2.21. The third-order valence-electron chi connectivity index (χ3n) is 4.76. The summed E-state index contributed by atoms with van der Waals surface area (Å²) >= 11 is 0. The molecular formula is C19H29N3O4S. The standard InChI is InChI=1S/C19H29N3O4S/c1-5-21(16-8-6-7-15(2)13-16)18(23)19(24)22(11-10-20(3)4)17-9-12-27(25,26)14-17/h6-8,13,17H,5,9-12,14H2,1-4H3. The van der Waals surface area contributed by atoms with Gasteiger partial charge in [-0.3, -0.25) is 9.59 Å². The van der Waals surface area contributed by atoms with Crippen molar-refractivity contribution in [2.24, 2.45) is 0 Å². The SMILES string of the molecule is CCN(C(=O)C(=O)N(CCN(C)C)C1CCS(=O)(=O)C1)c1cccc(C)c1. The number of aryl methyl sites for hydroxylation is 1. The first-order valence-corrected chi connectivity index (χ1v) is 11.0. The van der Waals surface area contributed by atoms with Crippen LogP contribution in [0.1, 0.15) is 18.9 Å². The molecule has 2 amide bonds. The number of amides is 2. The zero-order valence-corrected chi connectivity index (χ0v) is 17.3. The first-order valence-electron chi connectivity index (χ1n) is 9.19. The van der Waals surface area contributed by atoms with Crippen molar-refractivity contribution in [2.75, 3.05) is 50.1 Å². The molecular weight excluding hydrogens is 366 g/mol. The Morgan fingerprint density at radius 3 is 2.37 bits per heavy atom. The Morgan fingerprint density at radius 2 is 1.85 bits per heavy atom. The largest absolute Gasteiger partial charge is 0.329 e. The fourth-order valence-corrected chi connectivity index (χ4v) is 4.99. The van der Waals surface area contributed by atoms with Gasteiger partial charge in [-0.05, 0) is 52.1 Å². The molecule has 0 aliphatic carbocycles. The predicted octanol–water partition coefficient (Wildman–Crippen LogP) is 0.925. The number of hydrogen-bond donors (Lipinski definition) is 0. The second kappa shape index (κ2) is 8.84. The van der Waals surface area contributed by atoms with E-state index < -0.39 is 27.7 Å². The van der Waals surface area contributed by atoms with Gasteiger partial charge in [0.25, 0.3) is 0 Å². The highest BCUT2D eigenvalue weighted by atomic mass is 32.2.